The van der Waals surface area contributed by atoms with Crippen LogP contribution in [0.3, 0.4) is 0 Å². The number of nitrogens with zero attached hydrogens (tertiary/aromatic N) is 1. The van der Waals surface area contributed by atoms with E-state index in [0.717, 1.165) is 18.6 Å². The van der Waals surface area contributed by atoms with Crippen molar-refractivity contribution < 1.29 is 4.74 Å². The number of nitrogens with one attached hydrogen (secondary N) is 1. The summed E-state index contributed by atoms with van der Waals surface area (Å²) in [5.41, 5.74) is 0.249. The number of piperidine rings is 1. The summed E-state index contributed by atoms with van der Waals surface area (Å²) >= 11 is 0. The minimum atomic E-state index is 0.249. The third-order valence-corrected chi connectivity index (χ3v) is 6.05. The van der Waals surface area contributed by atoms with Crippen molar-refractivity contribution in [1.29, 1.82) is 0 Å². The first kappa shape index (κ1) is 15.8. The van der Waals surface area contributed by atoms with Gasteiger partial charge >= 0.3 is 0 Å². The third kappa shape index (κ3) is 4.00. The molecule has 2 heterocycles. The van der Waals surface area contributed by atoms with Gasteiger partial charge in [-0.1, -0.05) is 26.2 Å². The molecule has 3 rings (SSSR count). The summed E-state index contributed by atoms with van der Waals surface area (Å²) in [5, 5.41) is 3.57. The van der Waals surface area contributed by atoms with Gasteiger partial charge in [-0.25, -0.2) is 0 Å². The topological polar surface area (TPSA) is 24.5 Å². The van der Waals surface area contributed by atoms with Crippen molar-refractivity contribution in [3.8, 4) is 0 Å². The van der Waals surface area contributed by atoms with Crippen LogP contribution >= 0.6 is 0 Å². The third-order valence-electron chi connectivity index (χ3n) is 6.05. The fraction of sp³-hybridized carbons (Fsp3) is 1.00. The Hall–Kier alpha value is -0.120. The molecule has 1 saturated carbocycles. The number of ether oxygens (including phenoxy) is 1. The van der Waals surface area contributed by atoms with Crippen LogP contribution in [0.5, 0.6) is 0 Å². The van der Waals surface area contributed by atoms with E-state index >= 15 is 0 Å². The Kier molecular flexibility index (Phi) is 5.58. The molecule has 0 aromatic rings. The molecule has 1 aliphatic carbocycles. The van der Waals surface area contributed by atoms with Gasteiger partial charge in [-0.2, -0.15) is 0 Å². The van der Waals surface area contributed by atoms with Crippen LogP contribution < -0.4 is 5.32 Å². The minimum Gasteiger partial charge on any atom is -0.375 e. The maximum absolute atomic E-state index is 6.28. The lowest BCUT2D eigenvalue weighted by molar-refractivity contribution is -0.125. The Morgan fingerprint density at radius 1 is 1.14 bits per heavy atom. The highest BCUT2D eigenvalue weighted by Gasteiger charge is 2.40. The van der Waals surface area contributed by atoms with E-state index in [1.807, 2.05) is 0 Å². The minimum absolute atomic E-state index is 0.249. The zero-order valence-electron chi connectivity index (χ0n) is 13.9. The predicted octanol–water partition coefficient (Wildman–Crippen LogP) is 3.19. The van der Waals surface area contributed by atoms with Gasteiger partial charge < -0.3 is 15.0 Å². The SMILES string of the molecule is CCN(CC1CCCNC1)C1CCOC2(CCCCC2)C1. The van der Waals surface area contributed by atoms with E-state index in [1.54, 1.807) is 0 Å². The molecule has 2 saturated heterocycles. The highest BCUT2D eigenvalue weighted by molar-refractivity contribution is 4.93. The second-order valence-electron chi connectivity index (χ2n) is 7.54. The standard InChI is InChI=1S/C18H34N2O/c1-2-20(15-16-7-6-11-19-14-16)17-8-12-21-18(13-17)9-4-3-5-10-18/h16-17,19H,2-15H2,1H3. The van der Waals surface area contributed by atoms with E-state index in [0.29, 0.717) is 0 Å². The fourth-order valence-corrected chi connectivity index (χ4v) is 4.81. The molecule has 0 aromatic carbocycles. The zero-order valence-corrected chi connectivity index (χ0v) is 13.9. The van der Waals surface area contributed by atoms with Gasteiger partial charge in [-0.3, -0.25) is 0 Å². The van der Waals surface area contributed by atoms with E-state index in [-0.39, 0.29) is 5.60 Å². The average molecular weight is 294 g/mol. The van der Waals surface area contributed by atoms with Gasteiger partial charge in [-0.15, -0.1) is 0 Å². The molecule has 2 aliphatic heterocycles. The van der Waals surface area contributed by atoms with Crippen molar-refractivity contribution in [3.63, 3.8) is 0 Å². The first-order valence-electron chi connectivity index (χ1n) is 9.40. The molecule has 2 unspecified atom stereocenters. The van der Waals surface area contributed by atoms with E-state index < -0.39 is 0 Å². The maximum Gasteiger partial charge on any atom is 0.0697 e. The van der Waals surface area contributed by atoms with Gasteiger partial charge in [0, 0.05) is 19.2 Å². The highest BCUT2D eigenvalue weighted by atomic mass is 16.5. The Balaban J connectivity index is 1.57. The monoisotopic (exact) mass is 294 g/mol. The largest absolute Gasteiger partial charge is 0.375 e. The van der Waals surface area contributed by atoms with E-state index in [2.05, 4.69) is 17.1 Å². The number of hydrogen-bond acceptors (Lipinski definition) is 3. The second kappa shape index (κ2) is 7.43. The lowest BCUT2D eigenvalue weighted by atomic mass is 9.77. The lowest BCUT2D eigenvalue weighted by Gasteiger charge is -2.47. The van der Waals surface area contributed by atoms with Crippen molar-refractivity contribution in [2.24, 2.45) is 5.92 Å². The van der Waals surface area contributed by atoms with Crippen molar-refractivity contribution in [1.82, 2.24) is 10.2 Å². The average Bonchev–Trinajstić information content (AvgIpc) is 2.54. The molecule has 122 valence electrons. The zero-order chi connectivity index (χ0) is 14.5. The van der Waals surface area contributed by atoms with Crippen LogP contribution in [0.25, 0.3) is 0 Å². The molecular weight excluding hydrogens is 260 g/mol. The fourth-order valence-electron chi connectivity index (χ4n) is 4.81. The number of rotatable bonds is 4. The summed E-state index contributed by atoms with van der Waals surface area (Å²) in [4.78, 5) is 2.77. The molecule has 0 bridgehead atoms. The van der Waals surface area contributed by atoms with Crippen molar-refractivity contribution in [2.75, 3.05) is 32.8 Å². The van der Waals surface area contributed by atoms with Gasteiger partial charge in [0.2, 0.25) is 0 Å². The molecule has 0 radical (unpaired) electrons. The molecule has 3 aliphatic rings. The Bertz CT molecular complexity index is 303. The first-order chi connectivity index (χ1) is 10.3. The van der Waals surface area contributed by atoms with Crippen LogP contribution in [-0.4, -0.2) is 49.3 Å². The Morgan fingerprint density at radius 2 is 2.00 bits per heavy atom. The van der Waals surface area contributed by atoms with Gasteiger partial charge in [0.05, 0.1) is 5.60 Å². The van der Waals surface area contributed by atoms with Gasteiger partial charge in [0.1, 0.15) is 0 Å². The van der Waals surface area contributed by atoms with Crippen molar-refractivity contribution in [3.05, 3.63) is 0 Å². The molecule has 3 fully saturated rings. The van der Waals surface area contributed by atoms with E-state index in [9.17, 15) is 0 Å². The maximum atomic E-state index is 6.28. The normalized spacial score (nSPS) is 33.4. The smallest absolute Gasteiger partial charge is 0.0697 e. The molecule has 1 N–H and O–H groups in total. The predicted molar refractivity (Wildman–Crippen MR) is 87.6 cm³/mol. The molecule has 3 nitrogen and oxygen atoms in total. The molecule has 2 atom stereocenters. The Labute approximate surface area is 130 Å². The van der Waals surface area contributed by atoms with Crippen LogP contribution in [0.4, 0.5) is 0 Å². The van der Waals surface area contributed by atoms with E-state index in [1.165, 1.54) is 84.0 Å². The summed E-state index contributed by atoms with van der Waals surface area (Å²) < 4.78 is 6.28. The second-order valence-corrected chi connectivity index (χ2v) is 7.54. The Morgan fingerprint density at radius 3 is 2.71 bits per heavy atom. The summed E-state index contributed by atoms with van der Waals surface area (Å²) in [6, 6.07) is 0.767. The van der Waals surface area contributed by atoms with Crippen LogP contribution in [-0.2, 0) is 4.74 Å². The summed E-state index contributed by atoms with van der Waals surface area (Å²) in [6.45, 7) is 8.29. The van der Waals surface area contributed by atoms with Crippen LogP contribution in [0.1, 0.15) is 64.7 Å². The first-order valence-corrected chi connectivity index (χ1v) is 9.40. The molecular formula is C18H34N2O. The van der Waals surface area contributed by atoms with Gasteiger partial charge in [0.15, 0.2) is 0 Å². The molecule has 21 heavy (non-hydrogen) atoms. The van der Waals surface area contributed by atoms with Gasteiger partial charge in [0.25, 0.3) is 0 Å². The van der Waals surface area contributed by atoms with Crippen molar-refractivity contribution >= 4 is 0 Å². The van der Waals surface area contributed by atoms with E-state index in [4.69, 9.17) is 4.74 Å². The van der Waals surface area contributed by atoms with Gasteiger partial charge in [-0.05, 0) is 64.1 Å². The van der Waals surface area contributed by atoms with Crippen LogP contribution in [0.2, 0.25) is 0 Å². The van der Waals surface area contributed by atoms with Crippen molar-refractivity contribution in [2.45, 2.75) is 76.4 Å². The van der Waals surface area contributed by atoms with Crippen LogP contribution in [0, 0.1) is 5.92 Å². The molecule has 3 heteroatoms. The molecule has 1 spiro atoms. The lowest BCUT2D eigenvalue weighted by Crippen LogP contribution is -2.51. The summed E-state index contributed by atoms with van der Waals surface area (Å²) in [5.74, 6) is 0.865. The molecule has 0 amide bonds. The highest BCUT2D eigenvalue weighted by Crippen LogP contribution is 2.40. The summed E-state index contributed by atoms with van der Waals surface area (Å²) in [7, 11) is 0. The summed E-state index contributed by atoms with van der Waals surface area (Å²) in [6.07, 6.45) is 12.1. The number of hydrogen-bond donors (Lipinski definition) is 1. The van der Waals surface area contributed by atoms with Crippen LogP contribution in [0.15, 0.2) is 0 Å². The molecule has 0 aromatic heterocycles. The quantitative estimate of drug-likeness (QED) is 0.862.